The van der Waals surface area contributed by atoms with E-state index in [9.17, 15) is 69.6 Å². The van der Waals surface area contributed by atoms with Gasteiger partial charge in [-0.1, -0.05) is 0 Å². The van der Waals surface area contributed by atoms with Gasteiger partial charge in [-0.25, -0.2) is 42.1 Å². The largest absolute Gasteiger partial charge is 1.00 e. The van der Waals surface area contributed by atoms with Crippen LogP contribution in [0.15, 0.2) is 0 Å². The van der Waals surface area contributed by atoms with Gasteiger partial charge in [0.1, 0.15) is 18.3 Å². The number of hydrogen-bond donors (Lipinski definition) is 0. The van der Waals surface area contributed by atoms with Crippen LogP contribution >= 0.6 is 0 Å². The van der Waals surface area contributed by atoms with E-state index in [4.69, 9.17) is 0 Å². The zero-order valence-corrected chi connectivity index (χ0v) is 38.9. The first kappa shape index (κ1) is 56.5. The summed E-state index contributed by atoms with van der Waals surface area (Å²) in [6.45, 7) is -2.12. The molecule has 31 heteroatoms. The fraction of sp³-hybridized carbons (Fsp3) is 0.833. The Morgan fingerprint density at radius 2 is 0.838 bits per heavy atom. The molecule has 0 amide bonds. The van der Waals surface area contributed by atoms with E-state index in [2.05, 4.69) is 20.9 Å². The molecule has 0 aliphatic heterocycles. The van der Waals surface area contributed by atoms with Gasteiger partial charge in [0.25, 0.3) is 0 Å². The molecule has 0 heterocycles. The molecule has 0 aromatic rings. The summed E-state index contributed by atoms with van der Waals surface area (Å²) in [4.78, 5) is 11.0. The molecule has 37 heavy (non-hydrogen) atoms. The van der Waals surface area contributed by atoms with Gasteiger partial charge in [-0.2, -0.15) is 0 Å². The average molecular weight is 771 g/mol. The van der Waals surface area contributed by atoms with Crippen molar-refractivity contribution in [1.82, 2.24) is 0 Å². The van der Waals surface area contributed by atoms with Crippen molar-refractivity contribution in [1.29, 1.82) is 0 Å². The normalized spacial score (nSPS) is 15.5. The van der Waals surface area contributed by atoms with E-state index in [-0.39, 0.29) is 257 Å². The zero-order valence-electron chi connectivity index (χ0n) is 19.2. The summed E-state index contributed by atoms with van der Waals surface area (Å²) in [7, 11) is -30.5. The first-order valence-electron chi connectivity index (χ1n) is 6.54. The summed E-state index contributed by atoms with van der Waals surface area (Å²) >= 11 is 0. The number of carbonyl (C=O) groups excluding carboxylic acids is 1. The van der Waals surface area contributed by atoms with Crippen LogP contribution in [0.25, 0.3) is 0 Å². The first-order chi connectivity index (χ1) is 13.9. The van der Waals surface area contributed by atoms with Gasteiger partial charge in [0.15, 0.2) is 12.4 Å². The van der Waals surface area contributed by atoms with Crippen LogP contribution in [0.5, 0.6) is 0 Å². The molecule has 0 spiro atoms. The van der Waals surface area contributed by atoms with Crippen molar-refractivity contribution < 1.29 is 347 Å². The number of carbonyl (C=O) groups is 1. The van der Waals surface area contributed by atoms with Gasteiger partial charge in [-0.15, -0.1) is 0 Å². The van der Waals surface area contributed by atoms with Crippen LogP contribution in [0.4, 0.5) is 0 Å². The van der Waals surface area contributed by atoms with Gasteiger partial charge in [-0.05, 0) is 0 Å². The Hall–Kier alpha value is 7.20. The van der Waals surface area contributed by atoms with E-state index in [1.54, 1.807) is 0 Å². The molecule has 0 bridgehead atoms. The molecule has 0 aromatic heterocycles. The van der Waals surface area contributed by atoms with Crippen LogP contribution in [0.1, 0.15) is 0 Å². The van der Waals surface area contributed by atoms with E-state index in [1.807, 2.05) is 0 Å². The minimum Gasteiger partial charge on any atom is -0.726 e. The summed E-state index contributed by atoms with van der Waals surface area (Å²) in [5, 5.41) is 0. The van der Waals surface area contributed by atoms with Gasteiger partial charge in [0, 0.05) is 0 Å². The molecule has 0 aliphatic carbocycles. The molecule has 0 unspecified atom stereocenters. The Labute approximate surface area is 424 Å². The molecule has 0 aliphatic rings. The molecular weight excluding hydrogens is 764 g/mol. The van der Waals surface area contributed by atoms with Crippen molar-refractivity contribution in [2.75, 3.05) is 6.61 Å². The predicted molar refractivity (Wildman–Crippen MR) is 80.0 cm³/mol. The monoisotopic (exact) mass is 770 g/mol. The number of rotatable bonds is 15. The molecular formula is C6H7K5O21S5. The summed E-state index contributed by atoms with van der Waals surface area (Å²) < 4.78 is 179. The SMILES string of the molecule is O=C[C@H](OS(=O)(=O)[O-])[C@@H](OS(=O)(=O)[O-])[C@H](OS(=O)(=O)[O-])[C@@H](COS(=O)(=O)[O-])OS(=O)(=O)[O-].[K+].[K+].[K+].[K+].[K+]. The van der Waals surface area contributed by atoms with E-state index < -0.39 is 89.3 Å². The van der Waals surface area contributed by atoms with Gasteiger partial charge in [-0.3, -0.25) is 20.9 Å². The third-order valence-electron chi connectivity index (χ3n) is 2.45. The maximum atomic E-state index is 11.0. The third-order valence-corrected chi connectivity index (χ3v) is 4.73. The second-order valence-corrected chi connectivity index (χ2v) is 9.87. The van der Waals surface area contributed by atoms with Crippen molar-refractivity contribution in [3.05, 3.63) is 0 Å². The van der Waals surface area contributed by atoms with Crippen molar-refractivity contribution >= 4 is 58.3 Å². The Morgan fingerprint density at radius 3 is 1.11 bits per heavy atom. The standard InChI is InChI=1S/C6H12O21S5.5K/c7-1-3(24-29(11,12)13)5(26-31(17,18)19)6(27-32(20,21)22)4(25-30(14,15)16)2-23-28(8,9)10;;;;;/h1,3-6H,2H2,(H,8,9,10)(H,11,12,13)(H,14,15,16)(H,17,18,19)(H,20,21,22);;;;;/q;5*+1/p-5/t3-,4+,5+,6+;;;;;/m0...../s1. The second kappa shape index (κ2) is 24.4. The minimum atomic E-state index is -6.25. The number of aldehydes is 1. The first-order valence-corrected chi connectivity index (χ1v) is 13.2. The zero-order chi connectivity index (χ0) is 25.8. The predicted octanol–water partition coefficient (Wildman–Crippen LogP) is -20.9. The quantitative estimate of drug-likeness (QED) is 0.0645. The van der Waals surface area contributed by atoms with E-state index in [0.29, 0.717) is 0 Å². The topological polar surface area (TPSA) is 349 Å². The molecule has 0 fully saturated rings. The van der Waals surface area contributed by atoms with Gasteiger partial charge < -0.3 is 27.6 Å². The van der Waals surface area contributed by atoms with Crippen LogP contribution in [-0.2, 0) is 77.7 Å². The van der Waals surface area contributed by atoms with Crippen LogP contribution in [0.3, 0.4) is 0 Å². The van der Waals surface area contributed by atoms with Gasteiger partial charge in [0.2, 0.25) is 52.0 Å². The molecule has 4 atom stereocenters. The summed E-state index contributed by atoms with van der Waals surface area (Å²) in [6.07, 6.45) is -14.3. The third kappa shape index (κ3) is 32.9. The van der Waals surface area contributed by atoms with Crippen LogP contribution < -0.4 is 257 Å². The van der Waals surface area contributed by atoms with Crippen LogP contribution in [0.2, 0.25) is 0 Å². The summed E-state index contributed by atoms with van der Waals surface area (Å²) in [5.41, 5.74) is 0. The Kier molecular flexibility index (Phi) is 37.2. The fourth-order valence-electron chi connectivity index (χ4n) is 1.67. The fourth-order valence-corrected chi connectivity index (χ4v) is 3.86. The molecule has 21 nitrogen and oxygen atoms in total. The van der Waals surface area contributed by atoms with Gasteiger partial charge in [0.05, 0.1) is 6.61 Å². The molecule has 0 saturated heterocycles. The van der Waals surface area contributed by atoms with Crippen LogP contribution in [-0.4, -0.2) is 102 Å². The van der Waals surface area contributed by atoms with E-state index >= 15 is 0 Å². The Bertz CT molecular complexity index is 1190. The maximum absolute atomic E-state index is 11.0. The molecule has 0 aromatic carbocycles. The van der Waals surface area contributed by atoms with Crippen molar-refractivity contribution in [3.63, 3.8) is 0 Å². The smallest absolute Gasteiger partial charge is 0.726 e. The Morgan fingerprint density at radius 1 is 0.514 bits per heavy atom. The van der Waals surface area contributed by atoms with E-state index in [1.165, 1.54) is 0 Å². The van der Waals surface area contributed by atoms with Crippen molar-refractivity contribution in [3.8, 4) is 0 Å². The van der Waals surface area contributed by atoms with Crippen molar-refractivity contribution in [2.45, 2.75) is 24.4 Å². The molecule has 0 N–H and O–H groups in total. The second-order valence-electron chi connectivity index (χ2n) is 4.78. The molecule has 0 radical (unpaired) electrons. The summed E-state index contributed by atoms with van der Waals surface area (Å²) in [6, 6.07) is 0. The Balaban J connectivity index is -0.000000480. The van der Waals surface area contributed by atoms with E-state index in [0.717, 1.165) is 0 Å². The average Bonchev–Trinajstić information content (AvgIpc) is 2.48. The molecule has 0 saturated carbocycles. The summed E-state index contributed by atoms with van der Waals surface area (Å²) in [5.74, 6) is 0. The molecule has 192 valence electrons. The molecule has 0 rings (SSSR count). The van der Waals surface area contributed by atoms with Gasteiger partial charge >= 0.3 is 257 Å². The maximum Gasteiger partial charge on any atom is 1.00 e. The van der Waals surface area contributed by atoms with Crippen molar-refractivity contribution in [2.24, 2.45) is 0 Å². The van der Waals surface area contributed by atoms with Crippen LogP contribution in [0, 0.1) is 0 Å². The minimum absolute atomic E-state index is 0. The number of hydrogen-bond acceptors (Lipinski definition) is 21.